The molecule has 0 unspecified atom stereocenters. The number of hydrogen-bond donors (Lipinski definition) is 1. The number of nitrogens with zero attached hydrogens (tertiary/aromatic N) is 2. The molecule has 2 aromatic rings. The van der Waals surface area contributed by atoms with E-state index in [9.17, 15) is 4.79 Å². The van der Waals surface area contributed by atoms with Crippen molar-refractivity contribution >= 4 is 57.1 Å². The predicted octanol–water partition coefficient (Wildman–Crippen LogP) is 4.80. The molecule has 0 radical (unpaired) electrons. The van der Waals surface area contributed by atoms with Gasteiger partial charge in [-0.15, -0.1) is 11.8 Å². The zero-order valence-electron chi connectivity index (χ0n) is 14.0. The second-order valence-electron chi connectivity index (χ2n) is 5.45. The molecule has 0 heterocycles. The van der Waals surface area contributed by atoms with Gasteiger partial charge in [-0.25, -0.2) is 5.43 Å². The summed E-state index contributed by atoms with van der Waals surface area (Å²) in [5.41, 5.74) is 4.55. The van der Waals surface area contributed by atoms with Gasteiger partial charge >= 0.3 is 0 Å². The zero-order valence-corrected chi connectivity index (χ0v) is 17.2. The minimum atomic E-state index is -0.110. The third-order valence-corrected chi connectivity index (χ3v) is 5.17. The Bertz CT molecular complexity index is 750. The fraction of sp³-hybridized carbons (Fsp3) is 0.222. The highest BCUT2D eigenvalue weighted by molar-refractivity contribution is 9.10. The van der Waals surface area contributed by atoms with Gasteiger partial charge in [0, 0.05) is 40.7 Å². The molecule has 25 heavy (non-hydrogen) atoms. The molecule has 0 spiro atoms. The van der Waals surface area contributed by atoms with Crippen molar-refractivity contribution in [1.29, 1.82) is 0 Å². The van der Waals surface area contributed by atoms with E-state index >= 15 is 0 Å². The standard InChI is InChI=1S/C18H19BrClN3OS/c1-23(2)17-8-3-13(11-16(17)19)12-21-22-18(24)9-10-25-15-6-4-14(20)5-7-15/h3-8,11-12H,9-10H2,1-2H3,(H,22,24)/b21-12-. The summed E-state index contributed by atoms with van der Waals surface area (Å²) < 4.78 is 0.979. The molecule has 0 aliphatic heterocycles. The predicted molar refractivity (Wildman–Crippen MR) is 111 cm³/mol. The second-order valence-corrected chi connectivity index (χ2v) is 7.91. The molecule has 0 atom stereocenters. The summed E-state index contributed by atoms with van der Waals surface area (Å²) >= 11 is 11.0. The number of halogens is 2. The van der Waals surface area contributed by atoms with Gasteiger partial charge in [-0.05, 0) is 57.9 Å². The lowest BCUT2D eigenvalue weighted by atomic mass is 10.2. The molecule has 0 saturated carbocycles. The average molecular weight is 441 g/mol. The number of carbonyl (C=O) groups is 1. The molecule has 7 heteroatoms. The molecular formula is C18H19BrClN3OS. The SMILES string of the molecule is CN(C)c1ccc(/C=N\NC(=O)CCSc2ccc(Cl)cc2)cc1Br. The maximum Gasteiger partial charge on any atom is 0.240 e. The fourth-order valence-corrected chi connectivity index (χ4v) is 3.72. The number of hydrogen-bond acceptors (Lipinski definition) is 4. The van der Waals surface area contributed by atoms with Crippen LogP contribution in [-0.2, 0) is 4.79 Å². The maximum absolute atomic E-state index is 11.8. The molecule has 0 aliphatic rings. The minimum Gasteiger partial charge on any atom is -0.377 e. The van der Waals surface area contributed by atoms with Crippen LogP contribution in [0.2, 0.25) is 5.02 Å². The molecule has 132 valence electrons. The van der Waals surface area contributed by atoms with Crippen LogP contribution in [0.25, 0.3) is 0 Å². The highest BCUT2D eigenvalue weighted by Gasteiger charge is 2.03. The summed E-state index contributed by atoms with van der Waals surface area (Å²) in [6.07, 6.45) is 2.03. The highest BCUT2D eigenvalue weighted by Crippen LogP contribution is 2.25. The number of carbonyl (C=O) groups excluding carboxylic acids is 1. The number of amides is 1. The van der Waals surface area contributed by atoms with Crippen molar-refractivity contribution < 1.29 is 4.79 Å². The first-order valence-corrected chi connectivity index (χ1v) is 9.78. The first-order valence-electron chi connectivity index (χ1n) is 7.63. The number of anilines is 1. The number of nitrogens with one attached hydrogen (secondary N) is 1. The summed E-state index contributed by atoms with van der Waals surface area (Å²) in [7, 11) is 3.96. The lowest BCUT2D eigenvalue weighted by Crippen LogP contribution is -2.17. The van der Waals surface area contributed by atoms with Crippen LogP contribution in [0, 0.1) is 0 Å². The number of thioether (sulfide) groups is 1. The molecule has 0 fully saturated rings. The molecule has 0 aromatic heterocycles. The van der Waals surface area contributed by atoms with Crippen LogP contribution in [0.4, 0.5) is 5.69 Å². The van der Waals surface area contributed by atoms with Gasteiger partial charge in [0.25, 0.3) is 0 Å². The lowest BCUT2D eigenvalue weighted by Gasteiger charge is -2.14. The van der Waals surface area contributed by atoms with Crippen molar-refractivity contribution in [3.63, 3.8) is 0 Å². The van der Waals surface area contributed by atoms with Crippen LogP contribution < -0.4 is 10.3 Å². The van der Waals surface area contributed by atoms with Gasteiger partial charge < -0.3 is 4.90 Å². The quantitative estimate of drug-likeness (QED) is 0.382. The Morgan fingerprint density at radius 3 is 2.64 bits per heavy atom. The topological polar surface area (TPSA) is 44.7 Å². The van der Waals surface area contributed by atoms with E-state index in [1.165, 1.54) is 0 Å². The van der Waals surface area contributed by atoms with Gasteiger partial charge in [-0.3, -0.25) is 4.79 Å². The van der Waals surface area contributed by atoms with Crippen molar-refractivity contribution in [2.45, 2.75) is 11.3 Å². The molecule has 1 amide bonds. The Kier molecular flexibility index (Phi) is 7.81. The van der Waals surface area contributed by atoms with E-state index < -0.39 is 0 Å². The largest absolute Gasteiger partial charge is 0.377 e. The van der Waals surface area contributed by atoms with E-state index in [4.69, 9.17) is 11.6 Å². The van der Waals surface area contributed by atoms with Gasteiger partial charge in [-0.2, -0.15) is 5.10 Å². The second kappa shape index (κ2) is 9.85. The third-order valence-electron chi connectivity index (χ3n) is 3.27. The van der Waals surface area contributed by atoms with Crippen LogP contribution in [0.5, 0.6) is 0 Å². The number of rotatable bonds is 7. The fourth-order valence-electron chi connectivity index (χ4n) is 1.99. The summed E-state index contributed by atoms with van der Waals surface area (Å²) in [4.78, 5) is 14.9. The third kappa shape index (κ3) is 6.72. The number of hydrazone groups is 1. The average Bonchev–Trinajstić information content (AvgIpc) is 2.56. The van der Waals surface area contributed by atoms with Gasteiger partial charge in [0.15, 0.2) is 0 Å². The molecule has 0 aliphatic carbocycles. The van der Waals surface area contributed by atoms with Crippen LogP contribution >= 0.6 is 39.3 Å². The number of benzene rings is 2. The first kappa shape index (κ1) is 19.8. The molecule has 1 N–H and O–H groups in total. The van der Waals surface area contributed by atoms with Gasteiger partial charge in [-0.1, -0.05) is 17.7 Å². The lowest BCUT2D eigenvalue weighted by molar-refractivity contribution is -0.120. The Labute approximate surface area is 165 Å². The van der Waals surface area contributed by atoms with E-state index in [1.54, 1.807) is 18.0 Å². The molecular weight excluding hydrogens is 422 g/mol. The highest BCUT2D eigenvalue weighted by atomic mass is 79.9. The van der Waals surface area contributed by atoms with E-state index in [0.717, 1.165) is 20.6 Å². The Morgan fingerprint density at radius 2 is 2.00 bits per heavy atom. The Morgan fingerprint density at radius 1 is 1.28 bits per heavy atom. The van der Waals surface area contributed by atoms with E-state index in [-0.39, 0.29) is 5.91 Å². The Hall–Kier alpha value is -1.50. The Balaban J connectivity index is 1.76. The molecule has 2 rings (SSSR count). The molecule has 0 bridgehead atoms. The van der Waals surface area contributed by atoms with E-state index in [0.29, 0.717) is 17.2 Å². The smallest absolute Gasteiger partial charge is 0.240 e. The van der Waals surface area contributed by atoms with Crippen LogP contribution in [0.15, 0.2) is 56.9 Å². The van der Waals surface area contributed by atoms with Crippen molar-refractivity contribution in [3.8, 4) is 0 Å². The van der Waals surface area contributed by atoms with Crippen molar-refractivity contribution in [2.24, 2.45) is 5.10 Å². The summed E-state index contributed by atoms with van der Waals surface area (Å²) in [6.45, 7) is 0. The van der Waals surface area contributed by atoms with Crippen LogP contribution in [0.1, 0.15) is 12.0 Å². The first-order chi connectivity index (χ1) is 12.0. The van der Waals surface area contributed by atoms with Crippen LogP contribution in [0.3, 0.4) is 0 Å². The normalized spacial score (nSPS) is 10.9. The monoisotopic (exact) mass is 439 g/mol. The zero-order chi connectivity index (χ0) is 18.2. The van der Waals surface area contributed by atoms with Crippen molar-refractivity contribution in [2.75, 3.05) is 24.7 Å². The minimum absolute atomic E-state index is 0.110. The molecule has 0 saturated heterocycles. The van der Waals surface area contributed by atoms with Crippen molar-refractivity contribution in [1.82, 2.24) is 5.43 Å². The summed E-state index contributed by atoms with van der Waals surface area (Å²) in [5, 5.41) is 4.72. The van der Waals surface area contributed by atoms with Gasteiger partial charge in [0.2, 0.25) is 5.91 Å². The molecule has 2 aromatic carbocycles. The van der Waals surface area contributed by atoms with E-state index in [2.05, 4.69) is 26.5 Å². The van der Waals surface area contributed by atoms with Gasteiger partial charge in [0.1, 0.15) is 0 Å². The summed E-state index contributed by atoms with van der Waals surface area (Å²) in [5.74, 6) is 0.577. The van der Waals surface area contributed by atoms with Crippen LogP contribution in [-0.4, -0.2) is 32.0 Å². The molecule has 4 nitrogen and oxygen atoms in total. The summed E-state index contributed by atoms with van der Waals surface area (Å²) in [6, 6.07) is 13.5. The maximum atomic E-state index is 11.8. The van der Waals surface area contributed by atoms with Crippen molar-refractivity contribution in [3.05, 3.63) is 57.5 Å². The van der Waals surface area contributed by atoms with Gasteiger partial charge in [0.05, 0.1) is 11.9 Å². The van der Waals surface area contributed by atoms with E-state index in [1.807, 2.05) is 61.5 Å².